The van der Waals surface area contributed by atoms with Gasteiger partial charge in [0.15, 0.2) is 0 Å². The number of hydrogen-bond donors (Lipinski definition) is 3. The van der Waals surface area contributed by atoms with Crippen molar-refractivity contribution in [2.24, 2.45) is 0 Å². The topological polar surface area (TPSA) is 40.5 Å². The Labute approximate surface area is 108 Å². The smallest absolute Gasteiger partial charge is 0.109 e. The van der Waals surface area contributed by atoms with E-state index in [-0.39, 0.29) is 21.4 Å². The van der Waals surface area contributed by atoms with Gasteiger partial charge in [-0.3, -0.25) is 0 Å². The highest BCUT2D eigenvalue weighted by Crippen LogP contribution is 2.34. The van der Waals surface area contributed by atoms with Crippen LogP contribution in [-0.2, 0) is 0 Å². The van der Waals surface area contributed by atoms with Gasteiger partial charge >= 0.3 is 0 Å². The Kier molecular flexibility index (Phi) is 5.03. The van der Waals surface area contributed by atoms with Crippen LogP contribution in [0.15, 0.2) is 12.1 Å². The average Bonchev–Trinajstić information content (AvgIpc) is 2.14. The van der Waals surface area contributed by atoms with Crippen molar-refractivity contribution in [1.82, 2.24) is 0 Å². The molecule has 0 spiro atoms. The molecule has 6 heteroatoms. The maximum atomic E-state index is 9.73. The fourth-order valence-electron chi connectivity index (χ4n) is 1.13. The minimum absolute atomic E-state index is 0.108. The number of rotatable bonds is 3. The fourth-order valence-corrected chi connectivity index (χ4v) is 2.37. The minimum Gasteiger partial charge on any atom is -0.389 e. The first-order valence-electron chi connectivity index (χ1n) is 4.08. The molecule has 0 aromatic heterocycles. The highest BCUT2D eigenvalue weighted by Gasteiger charge is 2.22. The molecule has 0 aliphatic carbocycles. The summed E-state index contributed by atoms with van der Waals surface area (Å²) in [5.41, 5.74) is 0.268. The standard InChI is InChI=1S/C9H9Cl3O2S/c10-4-1-5(11)8(6(12)2-4)9(14)7(13)3-15/h1-2,7,9,13-15H,3H2. The van der Waals surface area contributed by atoms with E-state index in [1.54, 1.807) is 0 Å². The Morgan fingerprint density at radius 3 is 2.00 bits per heavy atom. The molecule has 0 radical (unpaired) electrons. The molecule has 15 heavy (non-hydrogen) atoms. The summed E-state index contributed by atoms with van der Waals surface area (Å²) in [6.07, 6.45) is -2.19. The Morgan fingerprint density at radius 1 is 1.13 bits per heavy atom. The predicted octanol–water partition coefficient (Wildman–Crippen LogP) is 2.97. The van der Waals surface area contributed by atoms with Gasteiger partial charge in [0, 0.05) is 26.4 Å². The summed E-state index contributed by atoms with van der Waals surface area (Å²) in [5, 5.41) is 20.0. The highest BCUT2D eigenvalue weighted by atomic mass is 35.5. The molecule has 0 fully saturated rings. The fraction of sp³-hybridized carbons (Fsp3) is 0.333. The van der Waals surface area contributed by atoms with Crippen molar-refractivity contribution in [2.75, 3.05) is 5.75 Å². The van der Waals surface area contributed by atoms with Gasteiger partial charge in [-0.25, -0.2) is 0 Å². The summed E-state index contributed by atoms with van der Waals surface area (Å²) < 4.78 is 0. The molecule has 2 nitrogen and oxygen atoms in total. The van der Waals surface area contributed by atoms with Gasteiger partial charge in [-0.2, -0.15) is 12.6 Å². The van der Waals surface area contributed by atoms with Crippen LogP contribution in [0, 0.1) is 0 Å². The Balaban J connectivity index is 3.13. The van der Waals surface area contributed by atoms with E-state index in [1.807, 2.05) is 0 Å². The van der Waals surface area contributed by atoms with Crippen LogP contribution in [0.5, 0.6) is 0 Å². The van der Waals surface area contributed by atoms with Gasteiger partial charge in [0.1, 0.15) is 6.10 Å². The van der Waals surface area contributed by atoms with E-state index in [1.165, 1.54) is 12.1 Å². The first kappa shape index (κ1) is 13.4. The van der Waals surface area contributed by atoms with E-state index in [4.69, 9.17) is 34.8 Å². The van der Waals surface area contributed by atoms with Crippen LogP contribution < -0.4 is 0 Å². The van der Waals surface area contributed by atoms with E-state index in [2.05, 4.69) is 12.6 Å². The second-order valence-electron chi connectivity index (χ2n) is 2.98. The van der Waals surface area contributed by atoms with Crippen molar-refractivity contribution in [2.45, 2.75) is 12.2 Å². The quantitative estimate of drug-likeness (QED) is 0.748. The molecule has 0 saturated heterocycles. The van der Waals surface area contributed by atoms with Crippen LogP contribution in [0.4, 0.5) is 0 Å². The third-order valence-electron chi connectivity index (χ3n) is 1.89. The molecule has 0 heterocycles. The van der Waals surface area contributed by atoms with E-state index >= 15 is 0 Å². The summed E-state index contributed by atoms with van der Waals surface area (Å²) in [7, 11) is 0. The maximum Gasteiger partial charge on any atom is 0.109 e. The first-order chi connectivity index (χ1) is 6.97. The lowest BCUT2D eigenvalue weighted by Crippen LogP contribution is -2.20. The number of benzene rings is 1. The summed E-state index contributed by atoms with van der Waals surface area (Å²) in [6.45, 7) is 0. The maximum absolute atomic E-state index is 9.73. The first-order valence-corrected chi connectivity index (χ1v) is 5.85. The van der Waals surface area contributed by atoms with Crippen LogP contribution in [0.1, 0.15) is 11.7 Å². The number of hydrogen-bond acceptors (Lipinski definition) is 3. The van der Waals surface area contributed by atoms with Gasteiger partial charge in [0.25, 0.3) is 0 Å². The number of halogens is 3. The van der Waals surface area contributed by atoms with Gasteiger partial charge in [-0.1, -0.05) is 34.8 Å². The lowest BCUT2D eigenvalue weighted by Gasteiger charge is -2.18. The van der Waals surface area contributed by atoms with E-state index in [0.717, 1.165) is 0 Å². The number of thiol groups is 1. The van der Waals surface area contributed by atoms with Gasteiger partial charge < -0.3 is 10.2 Å². The van der Waals surface area contributed by atoms with Crippen LogP contribution >= 0.6 is 47.4 Å². The third-order valence-corrected chi connectivity index (χ3v) is 3.11. The van der Waals surface area contributed by atoms with Gasteiger partial charge in [-0.05, 0) is 12.1 Å². The Morgan fingerprint density at radius 2 is 1.60 bits per heavy atom. The third kappa shape index (κ3) is 3.16. The monoisotopic (exact) mass is 286 g/mol. The summed E-state index contributed by atoms with van der Waals surface area (Å²) in [6, 6.07) is 2.91. The lowest BCUT2D eigenvalue weighted by atomic mass is 10.1. The molecule has 84 valence electrons. The Hall–Kier alpha value is 0.360. The molecular formula is C9H9Cl3O2S. The summed E-state index contributed by atoms with van der Waals surface area (Å²) in [4.78, 5) is 0. The zero-order valence-electron chi connectivity index (χ0n) is 7.49. The van der Waals surface area contributed by atoms with E-state index < -0.39 is 12.2 Å². The predicted molar refractivity (Wildman–Crippen MR) is 66.3 cm³/mol. The highest BCUT2D eigenvalue weighted by molar-refractivity contribution is 7.80. The molecule has 2 atom stereocenters. The molecule has 0 amide bonds. The molecule has 1 rings (SSSR count). The molecule has 1 aromatic carbocycles. The molecular weight excluding hydrogens is 279 g/mol. The second kappa shape index (κ2) is 5.62. The number of aliphatic hydroxyl groups is 2. The van der Waals surface area contributed by atoms with Crippen molar-refractivity contribution >= 4 is 47.4 Å². The Bertz CT molecular complexity index is 336. The molecule has 2 unspecified atom stereocenters. The normalized spacial score (nSPS) is 15.1. The molecule has 0 aliphatic rings. The second-order valence-corrected chi connectivity index (χ2v) is 4.59. The van der Waals surface area contributed by atoms with Gasteiger partial charge in [0.2, 0.25) is 0 Å². The molecule has 2 N–H and O–H groups in total. The van der Waals surface area contributed by atoms with Crippen molar-refractivity contribution < 1.29 is 10.2 Å². The molecule has 1 aromatic rings. The SMILES string of the molecule is OC(CS)C(O)c1c(Cl)cc(Cl)cc1Cl. The van der Waals surface area contributed by atoms with E-state index in [9.17, 15) is 10.2 Å². The zero-order valence-corrected chi connectivity index (χ0v) is 10.7. The molecule has 0 saturated carbocycles. The van der Waals surface area contributed by atoms with Crippen LogP contribution in [0.3, 0.4) is 0 Å². The zero-order chi connectivity index (χ0) is 11.6. The summed E-state index contributed by atoms with van der Waals surface area (Å²) in [5.74, 6) is 0.108. The minimum atomic E-state index is -1.17. The van der Waals surface area contributed by atoms with Crippen molar-refractivity contribution in [3.05, 3.63) is 32.8 Å². The van der Waals surface area contributed by atoms with Crippen LogP contribution in [0.2, 0.25) is 15.1 Å². The lowest BCUT2D eigenvalue weighted by molar-refractivity contribution is 0.0339. The summed E-state index contributed by atoms with van der Waals surface area (Å²) >= 11 is 21.3. The van der Waals surface area contributed by atoms with Crippen molar-refractivity contribution in [3.8, 4) is 0 Å². The van der Waals surface area contributed by atoms with Crippen molar-refractivity contribution in [1.29, 1.82) is 0 Å². The van der Waals surface area contributed by atoms with Crippen LogP contribution in [0.25, 0.3) is 0 Å². The largest absolute Gasteiger partial charge is 0.389 e. The van der Waals surface area contributed by atoms with E-state index in [0.29, 0.717) is 5.02 Å². The van der Waals surface area contributed by atoms with Gasteiger partial charge in [0.05, 0.1) is 6.10 Å². The van der Waals surface area contributed by atoms with Gasteiger partial charge in [-0.15, -0.1) is 0 Å². The molecule has 0 aliphatic heterocycles. The van der Waals surface area contributed by atoms with Crippen molar-refractivity contribution in [3.63, 3.8) is 0 Å². The average molecular weight is 288 g/mol. The number of aliphatic hydroxyl groups excluding tert-OH is 2. The molecule has 0 bridgehead atoms. The van der Waals surface area contributed by atoms with Crippen LogP contribution in [-0.4, -0.2) is 22.1 Å².